The third-order valence-electron chi connectivity index (χ3n) is 2.56. The van der Waals surface area contributed by atoms with Gasteiger partial charge in [0.05, 0.1) is 10.5 Å². The van der Waals surface area contributed by atoms with Crippen LogP contribution in [-0.2, 0) is 6.42 Å². The first-order chi connectivity index (χ1) is 6.61. The SMILES string of the molecule is N[C@@H]1CCc2ccc(O)c([N+](=O)[O-])c21. The normalized spacial score (nSPS) is 19.4. The van der Waals surface area contributed by atoms with Gasteiger partial charge in [0.25, 0.3) is 0 Å². The van der Waals surface area contributed by atoms with Crippen LogP contribution in [-0.4, -0.2) is 10.0 Å². The highest BCUT2D eigenvalue weighted by Gasteiger charge is 2.30. The van der Waals surface area contributed by atoms with Crippen molar-refractivity contribution in [1.29, 1.82) is 0 Å². The lowest BCUT2D eigenvalue weighted by Gasteiger charge is -2.06. The second-order valence-corrected chi connectivity index (χ2v) is 3.41. The van der Waals surface area contributed by atoms with Gasteiger partial charge in [-0.3, -0.25) is 10.1 Å². The van der Waals surface area contributed by atoms with Crippen molar-refractivity contribution in [3.63, 3.8) is 0 Å². The number of nitro groups is 1. The highest BCUT2D eigenvalue weighted by molar-refractivity contribution is 5.58. The summed E-state index contributed by atoms with van der Waals surface area (Å²) in [5.74, 6) is -0.300. The minimum atomic E-state index is -0.570. The van der Waals surface area contributed by atoms with Crippen molar-refractivity contribution >= 4 is 5.69 Å². The summed E-state index contributed by atoms with van der Waals surface area (Å²) >= 11 is 0. The molecular formula is C9H10N2O3. The highest BCUT2D eigenvalue weighted by atomic mass is 16.6. The number of nitrogens with two attached hydrogens (primary N) is 1. The van der Waals surface area contributed by atoms with E-state index < -0.39 is 4.92 Å². The standard InChI is InChI=1S/C9H10N2O3/c10-6-3-1-5-2-4-7(12)9(8(5)6)11(13)14/h2,4,6,12H,1,3,10H2/t6-/m1/s1. The number of rotatable bonds is 1. The summed E-state index contributed by atoms with van der Waals surface area (Å²) in [5, 5.41) is 20.1. The largest absolute Gasteiger partial charge is 0.502 e. The van der Waals surface area contributed by atoms with E-state index in [9.17, 15) is 15.2 Å². The van der Waals surface area contributed by atoms with Crippen molar-refractivity contribution < 1.29 is 10.0 Å². The van der Waals surface area contributed by atoms with Crippen molar-refractivity contribution in [2.75, 3.05) is 0 Å². The van der Waals surface area contributed by atoms with Crippen LogP contribution < -0.4 is 5.73 Å². The average molecular weight is 194 g/mol. The molecule has 0 saturated carbocycles. The molecule has 1 aliphatic rings. The zero-order valence-electron chi connectivity index (χ0n) is 7.43. The maximum Gasteiger partial charge on any atom is 0.315 e. The number of benzene rings is 1. The number of hydrogen-bond donors (Lipinski definition) is 2. The van der Waals surface area contributed by atoms with Gasteiger partial charge in [0.1, 0.15) is 0 Å². The third kappa shape index (κ3) is 1.13. The van der Waals surface area contributed by atoms with Crippen LogP contribution >= 0.6 is 0 Å². The second-order valence-electron chi connectivity index (χ2n) is 3.41. The van der Waals surface area contributed by atoms with Gasteiger partial charge >= 0.3 is 5.69 Å². The molecule has 14 heavy (non-hydrogen) atoms. The maximum absolute atomic E-state index is 10.7. The Morgan fingerprint density at radius 3 is 2.93 bits per heavy atom. The van der Waals surface area contributed by atoms with Gasteiger partial charge in [-0.25, -0.2) is 0 Å². The quantitative estimate of drug-likeness (QED) is 0.520. The molecule has 0 unspecified atom stereocenters. The summed E-state index contributed by atoms with van der Waals surface area (Å²) in [6.07, 6.45) is 1.46. The van der Waals surface area contributed by atoms with Crippen molar-refractivity contribution in [3.8, 4) is 5.75 Å². The molecule has 0 fully saturated rings. The first kappa shape index (κ1) is 8.96. The lowest BCUT2D eigenvalue weighted by molar-refractivity contribution is -0.386. The number of phenols is 1. The zero-order valence-corrected chi connectivity index (χ0v) is 7.43. The van der Waals surface area contributed by atoms with Crippen LogP contribution in [0.3, 0.4) is 0 Å². The van der Waals surface area contributed by atoms with E-state index in [4.69, 9.17) is 5.73 Å². The van der Waals surface area contributed by atoms with Gasteiger partial charge in [-0.1, -0.05) is 6.07 Å². The Hall–Kier alpha value is -1.62. The molecule has 1 aliphatic carbocycles. The number of aryl methyl sites for hydroxylation is 1. The van der Waals surface area contributed by atoms with Gasteiger partial charge in [0.15, 0.2) is 5.75 Å². The zero-order chi connectivity index (χ0) is 10.3. The molecule has 2 rings (SSSR count). The van der Waals surface area contributed by atoms with Gasteiger partial charge in [-0.05, 0) is 24.5 Å². The van der Waals surface area contributed by atoms with Crippen LogP contribution in [0.25, 0.3) is 0 Å². The van der Waals surface area contributed by atoms with Crippen molar-refractivity contribution in [1.82, 2.24) is 0 Å². The number of phenolic OH excluding ortho intramolecular Hbond substituents is 1. The fraction of sp³-hybridized carbons (Fsp3) is 0.333. The fourth-order valence-corrected chi connectivity index (χ4v) is 1.92. The number of nitrogens with zero attached hydrogens (tertiary/aromatic N) is 1. The molecule has 0 amide bonds. The predicted molar refractivity (Wildman–Crippen MR) is 50.0 cm³/mol. The van der Waals surface area contributed by atoms with E-state index in [0.29, 0.717) is 12.0 Å². The van der Waals surface area contributed by atoms with E-state index in [-0.39, 0.29) is 17.5 Å². The predicted octanol–water partition coefficient (Wildman–Crippen LogP) is 1.25. The molecule has 3 N–H and O–H groups in total. The first-order valence-corrected chi connectivity index (χ1v) is 4.36. The summed E-state index contributed by atoms with van der Waals surface area (Å²) in [5.41, 5.74) is 6.88. The van der Waals surface area contributed by atoms with Gasteiger partial charge in [0.2, 0.25) is 0 Å². The molecule has 0 heterocycles. The second kappa shape index (κ2) is 2.95. The Labute approximate surface area is 80.3 Å². The Kier molecular flexibility index (Phi) is 1.89. The molecule has 1 atom stereocenters. The van der Waals surface area contributed by atoms with E-state index in [1.165, 1.54) is 6.07 Å². The van der Waals surface area contributed by atoms with Crippen molar-refractivity contribution in [3.05, 3.63) is 33.4 Å². The Bertz CT molecular complexity index is 403. The van der Waals surface area contributed by atoms with Gasteiger partial charge in [-0.2, -0.15) is 0 Å². The maximum atomic E-state index is 10.7. The van der Waals surface area contributed by atoms with Gasteiger partial charge < -0.3 is 10.8 Å². The third-order valence-corrected chi connectivity index (χ3v) is 2.56. The van der Waals surface area contributed by atoms with Crippen molar-refractivity contribution in [2.45, 2.75) is 18.9 Å². The van der Waals surface area contributed by atoms with E-state index >= 15 is 0 Å². The Morgan fingerprint density at radius 2 is 2.29 bits per heavy atom. The molecule has 74 valence electrons. The van der Waals surface area contributed by atoms with Crippen LogP contribution in [0.15, 0.2) is 12.1 Å². The Balaban J connectivity index is 2.68. The average Bonchev–Trinajstić information content (AvgIpc) is 2.47. The molecule has 5 nitrogen and oxygen atoms in total. The fourth-order valence-electron chi connectivity index (χ4n) is 1.92. The molecular weight excluding hydrogens is 184 g/mol. The van der Waals surface area contributed by atoms with Gasteiger partial charge in [0, 0.05) is 6.04 Å². The topological polar surface area (TPSA) is 89.4 Å². The van der Waals surface area contributed by atoms with Crippen LogP contribution in [0.5, 0.6) is 5.75 Å². The minimum absolute atomic E-state index is 0.229. The summed E-state index contributed by atoms with van der Waals surface area (Å²) in [7, 11) is 0. The molecule has 0 saturated heterocycles. The molecule has 1 aromatic carbocycles. The Morgan fingerprint density at radius 1 is 1.57 bits per heavy atom. The summed E-state index contributed by atoms with van der Waals surface area (Å²) in [4.78, 5) is 10.1. The number of fused-ring (bicyclic) bond motifs is 1. The smallest absolute Gasteiger partial charge is 0.315 e. The van der Waals surface area contributed by atoms with E-state index in [2.05, 4.69) is 0 Å². The number of nitro benzene ring substituents is 1. The minimum Gasteiger partial charge on any atom is -0.502 e. The van der Waals surface area contributed by atoms with E-state index in [0.717, 1.165) is 12.0 Å². The molecule has 0 aromatic heterocycles. The molecule has 0 bridgehead atoms. The molecule has 0 radical (unpaired) electrons. The van der Waals surface area contributed by atoms with Crippen LogP contribution in [0.4, 0.5) is 5.69 Å². The number of hydrogen-bond acceptors (Lipinski definition) is 4. The molecule has 5 heteroatoms. The monoisotopic (exact) mass is 194 g/mol. The van der Waals surface area contributed by atoms with Crippen LogP contribution in [0.1, 0.15) is 23.6 Å². The van der Waals surface area contributed by atoms with Crippen molar-refractivity contribution in [2.24, 2.45) is 5.73 Å². The van der Waals surface area contributed by atoms with Gasteiger partial charge in [-0.15, -0.1) is 0 Å². The highest BCUT2D eigenvalue weighted by Crippen LogP contribution is 2.41. The van der Waals surface area contributed by atoms with E-state index in [1.54, 1.807) is 6.07 Å². The van der Waals surface area contributed by atoms with Crippen LogP contribution in [0, 0.1) is 10.1 Å². The lowest BCUT2D eigenvalue weighted by atomic mass is 10.1. The lowest BCUT2D eigenvalue weighted by Crippen LogP contribution is -2.08. The summed E-state index contributed by atoms with van der Waals surface area (Å²) in [6, 6.07) is 2.73. The summed E-state index contributed by atoms with van der Waals surface area (Å²) in [6.45, 7) is 0. The summed E-state index contributed by atoms with van der Waals surface area (Å²) < 4.78 is 0. The number of aromatic hydroxyl groups is 1. The van der Waals surface area contributed by atoms with E-state index in [1.807, 2.05) is 0 Å². The molecule has 1 aromatic rings. The van der Waals surface area contributed by atoms with Crippen LogP contribution in [0.2, 0.25) is 0 Å². The molecule has 0 spiro atoms. The first-order valence-electron chi connectivity index (χ1n) is 4.36. The molecule has 0 aliphatic heterocycles.